The molecule has 96 valence electrons. The molecule has 0 spiro atoms. The number of aromatic nitrogens is 2. The number of hydrogen-bond acceptors (Lipinski definition) is 3. The van der Waals surface area contributed by atoms with Crippen LogP contribution in [0.2, 0.25) is 5.15 Å². The van der Waals surface area contributed by atoms with Gasteiger partial charge in [-0.2, -0.15) is 0 Å². The number of aromatic amines is 1. The smallest absolute Gasteiger partial charge is 0.329 e. The summed E-state index contributed by atoms with van der Waals surface area (Å²) in [7, 11) is 1.58. The van der Waals surface area contributed by atoms with Crippen LogP contribution in [0.5, 0.6) is 0 Å². The van der Waals surface area contributed by atoms with Crippen molar-refractivity contribution in [1.82, 2.24) is 9.55 Å². The number of nitrogens with one attached hydrogen (secondary N) is 1. The fourth-order valence-electron chi connectivity index (χ4n) is 1.62. The molecule has 0 fully saturated rings. The second kappa shape index (κ2) is 6.61. The summed E-state index contributed by atoms with van der Waals surface area (Å²) in [6.45, 7) is 2.81. The Morgan fingerprint density at radius 2 is 2.12 bits per heavy atom. The lowest BCUT2D eigenvalue weighted by atomic mass is 10.2. The Hall–Kier alpha value is -1.07. The van der Waals surface area contributed by atoms with Crippen LogP contribution in [0.25, 0.3) is 0 Å². The van der Waals surface area contributed by atoms with Gasteiger partial charge in [0.1, 0.15) is 5.15 Å². The van der Waals surface area contributed by atoms with Crippen LogP contribution in [0.3, 0.4) is 0 Å². The first-order valence-corrected chi connectivity index (χ1v) is 6.00. The highest BCUT2D eigenvalue weighted by Gasteiger charge is 2.11. The van der Waals surface area contributed by atoms with Crippen molar-refractivity contribution in [3.05, 3.63) is 31.6 Å². The second-order valence-electron chi connectivity index (χ2n) is 3.78. The van der Waals surface area contributed by atoms with E-state index < -0.39 is 5.69 Å². The molecule has 1 heterocycles. The molecule has 6 heteroatoms. The van der Waals surface area contributed by atoms with Crippen LogP contribution in [0.15, 0.2) is 9.59 Å². The van der Waals surface area contributed by atoms with Crippen molar-refractivity contribution < 1.29 is 4.74 Å². The zero-order valence-electron chi connectivity index (χ0n) is 10.1. The molecule has 1 aromatic rings. The van der Waals surface area contributed by atoms with Crippen LogP contribution in [-0.2, 0) is 17.7 Å². The second-order valence-corrected chi connectivity index (χ2v) is 4.15. The van der Waals surface area contributed by atoms with E-state index in [-0.39, 0.29) is 10.7 Å². The summed E-state index contributed by atoms with van der Waals surface area (Å²) in [4.78, 5) is 26.1. The molecular weight excluding hydrogens is 244 g/mol. The Bertz CT molecular complexity index is 479. The lowest BCUT2D eigenvalue weighted by molar-refractivity contribution is 0.189. The molecule has 1 aromatic heterocycles. The molecule has 0 aliphatic rings. The van der Waals surface area contributed by atoms with Gasteiger partial charge in [-0.05, 0) is 12.8 Å². The standard InChI is InChI=1S/C11H17ClN2O3/c1-3-5-8-9(12)13-11(16)14(10(8)15)6-4-7-17-2/h3-7H2,1-2H3,(H,13,16). The van der Waals surface area contributed by atoms with Crippen molar-refractivity contribution in [2.24, 2.45) is 0 Å². The lowest BCUT2D eigenvalue weighted by Gasteiger charge is -2.08. The maximum atomic E-state index is 12.0. The van der Waals surface area contributed by atoms with Crippen molar-refractivity contribution >= 4 is 11.6 Å². The molecule has 0 unspecified atom stereocenters. The van der Waals surface area contributed by atoms with E-state index in [2.05, 4.69) is 4.98 Å². The Labute approximate surface area is 104 Å². The summed E-state index contributed by atoms with van der Waals surface area (Å²) in [6, 6.07) is 0. The van der Waals surface area contributed by atoms with E-state index in [0.29, 0.717) is 31.6 Å². The van der Waals surface area contributed by atoms with Crippen molar-refractivity contribution in [1.29, 1.82) is 0 Å². The van der Waals surface area contributed by atoms with Crippen LogP contribution in [0, 0.1) is 0 Å². The largest absolute Gasteiger partial charge is 0.385 e. The highest BCUT2D eigenvalue weighted by Crippen LogP contribution is 2.07. The Balaban J connectivity index is 3.08. The molecule has 0 aliphatic heterocycles. The SMILES string of the molecule is CCCc1c(Cl)[nH]c(=O)n(CCCOC)c1=O. The first-order valence-electron chi connectivity index (χ1n) is 5.62. The molecule has 1 N–H and O–H groups in total. The van der Waals surface area contributed by atoms with E-state index in [1.807, 2.05) is 6.92 Å². The number of rotatable bonds is 6. The summed E-state index contributed by atoms with van der Waals surface area (Å²) in [6.07, 6.45) is 1.99. The number of nitrogens with zero attached hydrogens (tertiary/aromatic N) is 1. The van der Waals surface area contributed by atoms with Gasteiger partial charge in [-0.15, -0.1) is 0 Å². The van der Waals surface area contributed by atoms with Gasteiger partial charge in [0.15, 0.2) is 0 Å². The van der Waals surface area contributed by atoms with Crippen LogP contribution >= 0.6 is 11.6 Å². The number of halogens is 1. The van der Waals surface area contributed by atoms with E-state index in [1.54, 1.807) is 7.11 Å². The van der Waals surface area contributed by atoms with E-state index in [4.69, 9.17) is 16.3 Å². The first kappa shape index (κ1) is 14.0. The number of hydrogen-bond donors (Lipinski definition) is 1. The molecule has 0 aromatic carbocycles. The quantitative estimate of drug-likeness (QED) is 0.617. The minimum atomic E-state index is -0.462. The summed E-state index contributed by atoms with van der Waals surface area (Å²) >= 11 is 5.85. The highest BCUT2D eigenvalue weighted by molar-refractivity contribution is 6.30. The fraction of sp³-hybridized carbons (Fsp3) is 0.636. The molecule has 17 heavy (non-hydrogen) atoms. The van der Waals surface area contributed by atoms with Crippen molar-refractivity contribution in [2.45, 2.75) is 32.7 Å². The van der Waals surface area contributed by atoms with Crippen molar-refractivity contribution in [3.8, 4) is 0 Å². The molecule has 5 nitrogen and oxygen atoms in total. The van der Waals surface area contributed by atoms with Crippen LogP contribution < -0.4 is 11.2 Å². The van der Waals surface area contributed by atoms with E-state index in [9.17, 15) is 9.59 Å². The summed E-state index contributed by atoms with van der Waals surface area (Å²) in [5, 5.41) is 0.157. The molecule has 0 saturated carbocycles. The van der Waals surface area contributed by atoms with Crippen LogP contribution in [0.4, 0.5) is 0 Å². The van der Waals surface area contributed by atoms with Crippen LogP contribution in [-0.4, -0.2) is 23.3 Å². The molecule has 0 aliphatic carbocycles. The number of H-pyrrole nitrogens is 1. The Morgan fingerprint density at radius 1 is 1.41 bits per heavy atom. The van der Waals surface area contributed by atoms with Gasteiger partial charge in [-0.25, -0.2) is 4.79 Å². The highest BCUT2D eigenvalue weighted by atomic mass is 35.5. The normalized spacial score (nSPS) is 10.8. The minimum Gasteiger partial charge on any atom is -0.385 e. The van der Waals surface area contributed by atoms with Gasteiger partial charge in [0.25, 0.3) is 5.56 Å². The zero-order valence-corrected chi connectivity index (χ0v) is 10.8. The van der Waals surface area contributed by atoms with Gasteiger partial charge in [-0.3, -0.25) is 14.3 Å². The molecule has 0 amide bonds. The summed E-state index contributed by atoms with van der Waals surface area (Å²) in [5.74, 6) is 0. The molecule has 0 atom stereocenters. The van der Waals surface area contributed by atoms with Gasteiger partial charge in [-0.1, -0.05) is 24.9 Å². The van der Waals surface area contributed by atoms with Gasteiger partial charge < -0.3 is 4.74 Å². The average molecular weight is 261 g/mol. The molecule has 0 radical (unpaired) electrons. The third-order valence-corrected chi connectivity index (χ3v) is 2.78. The predicted octanol–water partition coefficient (Wildman–Crippen LogP) is 1.18. The third-order valence-electron chi connectivity index (χ3n) is 2.46. The number of methoxy groups -OCH3 is 1. The van der Waals surface area contributed by atoms with E-state index >= 15 is 0 Å². The first-order chi connectivity index (χ1) is 8.11. The van der Waals surface area contributed by atoms with E-state index in [0.717, 1.165) is 6.42 Å². The van der Waals surface area contributed by atoms with Crippen molar-refractivity contribution in [3.63, 3.8) is 0 Å². The summed E-state index contributed by atoms with van der Waals surface area (Å²) in [5.41, 5.74) is -0.279. The van der Waals surface area contributed by atoms with Gasteiger partial charge in [0, 0.05) is 20.3 Å². The summed E-state index contributed by atoms with van der Waals surface area (Å²) < 4.78 is 6.07. The molecule has 1 rings (SSSR count). The van der Waals surface area contributed by atoms with Gasteiger partial charge >= 0.3 is 5.69 Å². The average Bonchev–Trinajstić information content (AvgIpc) is 2.29. The molecule has 0 bridgehead atoms. The predicted molar refractivity (Wildman–Crippen MR) is 66.8 cm³/mol. The zero-order chi connectivity index (χ0) is 12.8. The Morgan fingerprint density at radius 3 is 2.71 bits per heavy atom. The van der Waals surface area contributed by atoms with Crippen LogP contribution in [0.1, 0.15) is 25.3 Å². The maximum Gasteiger partial charge on any atom is 0.329 e. The molecule has 0 saturated heterocycles. The monoisotopic (exact) mass is 260 g/mol. The minimum absolute atomic E-state index is 0.157. The lowest BCUT2D eigenvalue weighted by Crippen LogP contribution is -2.37. The van der Waals surface area contributed by atoms with Gasteiger partial charge in [0.05, 0.1) is 5.56 Å². The van der Waals surface area contributed by atoms with Crippen molar-refractivity contribution in [2.75, 3.05) is 13.7 Å². The van der Waals surface area contributed by atoms with Gasteiger partial charge in [0.2, 0.25) is 0 Å². The maximum absolute atomic E-state index is 12.0. The van der Waals surface area contributed by atoms with E-state index in [1.165, 1.54) is 4.57 Å². The Kier molecular flexibility index (Phi) is 5.44. The molecular formula is C11H17ClN2O3. The third kappa shape index (κ3) is 3.44. The fourth-order valence-corrected chi connectivity index (χ4v) is 1.88. The number of ether oxygens (including phenoxy) is 1. The topological polar surface area (TPSA) is 64.1 Å².